The fraction of sp³-hybridized carbons (Fsp3) is 0.214. The molecule has 0 aromatic heterocycles. The van der Waals surface area contributed by atoms with Crippen LogP contribution >= 0.6 is 23.4 Å². The molecule has 3 aromatic rings. The molecule has 0 spiro atoms. The maximum absolute atomic E-state index is 13.5. The quantitative estimate of drug-likeness (QED) is 0.418. The van der Waals surface area contributed by atoms with E-state index in [0.717, 1.165) is 28.0 Å². The smallest absolute Gasteiger partial charge is 0.262 e. The molecule has 2 amide bonds. The fourth-order valence-corrected chi connectivity index (χ4v) is 5.67. The molecule has 2 aliphatic heterocycles. The Hall–Kier alpha value is -3.49. The van der Waals surface area contributed by atoms with Crippen molar-refractivity contribution in [1.29, 1.82) is 0 Å². The molecule has 0 bridgehead atoms. The summed E-state index contributed by atoms with van der Waals surface area (Å²) in [6, 6.07) is 19.2. The van der Waals surface area contributed by atoms with Crippen molar-refractivity contribution in [1.82, 2.24) is 5.01 Å². The van der Waals surface area contributed by atoms with Crippen molar-refractivity contribution in [3.63, 3.8) is 0 Å². The van der Waals surface area contributed by atoms with E-state index in [1.807, 2.05) is 44.2 Å². The molecule has 0 unspecified atom stereocenters. The molecule has 0 saturated carbocycles. The van der Waals surface area contributed by atoms with Crippen molar-refractivity contribution < 1.29 is 14.0 Å². The van der Waals surface area contributed by atoms with E-state index in [0.29, 0.717) is 22.3 Å². The topological polar surface area (TPSA) is 74.1 Å². The van der Waals surface area contributed by atoms with Crippen molar-refractivity contribution in [2.75, 3.05) is 5.32 Å². The third kappa shape index (κ3) is 5.76. The zero-order chi connectivity index (χ0) is 26.1. The highest BCUT2D eigenvalue weighted by atomic mass is 35.5. The van der Waals surface area contributed by atoms with Crippen LogP contribution in [0.25, 0.3) is 0 Å². The maximum atomic E-state index is 13.5. The lowest BCUT2D eigenvalue weighted by atomic mass is 9.99. The van der Waals surface area contributed by atoms with E-state index in [-0.39, 0.29) is 30.1 Å². The Morgan fingerprint density at radius 3 is 2.43 bits per heavy atom. The highest BCUT2D eigenvalue weighted by Gasteiger charge is 2.39. The normalized spacial score (nSPS) is 19.1. The van der Waals surface area contributed by atoms with Crippen LogP contribution in [0, 0.1) is 19.7 Å². The van der Waals surface area contributed by atoms with Gasteiger partial charge in [-0.1, -0.05) is 53.7 Å². The van der Waals surface area contributed by atoms with Crippen molar-refractivity contribution in [3.05, 3.63) is 99.8 Å². The van der Waals surface area contributed by atoms with E-state index in [1.54, 1.807) is 29.3 Å². The van der Waals surface area contributed by atoms with E-state index < -0.39 is 5.25 Å². The van der Waals surface area contributed by atoms with Crippen LogP contribution in [0.2, 0.25) is 5.02 Å². The van der Waals surface area contributed by atoms with Gasteiger partial charge in [0, 0.05) is 23.6 Å². The molecule has 2 aliphatic rings. The van der Waals surface area contributed by atoms with Crippen LogP contribution in [-0.2, 0) is 9.59 Å². The molecule has 3 aromatic carbocycles. The van der Waals surface area contributed by atoms with E-state index in [1.165, 1.54) is 23.9 Å². The minimum atomic E-state index is -0.642. The second-order valence-corrected chi connectivity index (χ2v) is 10.7. The van der Waals surface area contributed by atoms with E-state index >= 15 is 0 Å². The van der Waals surface area contributed by atoms with Gasteiger partial charge in [-0.25, -0.2) is 9.40 Å². The first-order valence-electron chi connectivity index (χ1n) is 11.8. The number of hydrazone groups is 1. The molecule has 5 rings (SSSR count). The number of halogens is 2. The first kappa shape index (κ1) is 25.2. The summed E-state index contributed by atoms with van der Waals surface area (Å²) >= 11 is 7.33. The molecule has 0 aliphatic carbocycles. The Morgan fingerprint density at radius 2 is 1.76 bits per heavy atom. The maximum Gasteiger partial charge on any atom is 0.262 e. The third-order valence-corrected chi connectivity index (χ3v) is 7.54. The van der Waals surface area contributed by atoms with Gasteiger partial charge in [0.05, 0.1) is 11.8 Å². The summed E-state index contributed by atoms with van der Waals surface area (Å²) < 4.78 is 13.5. The van der Waals surface area contributed by atoms with Gasteiger partial charge in [0.2, 0.25) is 5.91 Å². The van der Waals surface area contributed by atoms with Crippen LogP contribution in [0.15, 0.2) is 76.8 Å². The van der Waals surface area contributed by atoms with Gasteiger partial charge in [-0.3, -0.25) is 9.59 Å². The molecule has 0 radical (unpaired) electrons. The molecule has 1 N–H and O–H groups in total. The van der Waals surface area contributed by atoms with Crippen molar-refractivity contribution in [2.45, 2.75) is 38.0 Å². The first-order valence-corrected chi connectivity index (χ1v) is 13.1. The molecular weight excluding hydrogens is 511 g/mol. The van der Waals surface area contributed by atoms with Crippen molar-refractivity contribution in [2.24, 2.45) is 10.1 Å². The Labute approximate surface area is 223 Å². The van der Waals surface area contributed by atoms with E-state index in [2.05, 4.69) is 10.3 Å². The lowest BCUT2D eigenvalue weighted by molar-refractivity contribution is -0.121. The number of amides is 2. The Bertz CT molecular complexity index is 1400. The zero-order valence-electron chi connectivity index (χ0n) is 20.2. The number of anilines is 1. The molecule has 6 nitrogen and oxygen atoms in total. The van der Waals surface area contributed by atoms with Gasteiger partial charge in [0.25, 0.3) is 5.91 Å². The van der Waals surface area contributed by atoms with Gasteiger partial charge >= 0.3 is 0 Å². The van der Waals surface area contributed by atoms with Gasteiger partial charge < -0.3 is 5.32 Å². The summed E-state index contributed by atoms with van der Waals surface area (Å²) in [6.45, 7) is 3.93. The monoisotopic (exact) mass is 534 g/mol. The molecule has 37 heavy (non-hydrogen) atoms. The molecule has 2 atom stereocenters. The number of aliphatic imine (C=N–C) groups is 1. The number of amidine groups is 1. The molecular formula is C28H24ClFN4O2S. The predicted octanol–water partition coefficient (Wildman–Crippen LogP) is 6.27. The number of hydrogen-bond donors (Lipinski definition) is 1. The summed E-state index contributed by atoms with van der Waals surface area (Å²) in [5, 5.41) is 9.80. The van der Waals surface area contributed by atoms with Crippen LogP contribution in [0.3, 0.4) is 0 Å². The number of thioether (sulfide) groups is 1. The number of hydrogen-bond acceptors (Lipinski definition) is 5. The highest BCUT2D eigenvalue weighted by Crippen LogP contribution is 2.39. The molecule has 2 heterocycles. The van der Waals surface area contributed by atoms with Crippen LogP contribution in [0.1, 0.15) is 41.1 Å². The van der Waals surface area contributed by atoms with Crippen molar-refractivity contribution >= 4 is 51.7 Å². The van der Waals surface area contributed by atoms with Gasteiger partial charge in [0.1, 0.15) is 11.1 Å². The van der Waals surface area contributed by atoms with Crippen LogP contribution in [-0.4, -0.2) is 33.0 Å². The van der Waals surface area contributed by atoms with Gasteiger partial charge in [0.15, 0.2) is 5.17 Å². The van der Waals surface area contributed by atoms with Gasteiger partial charge in [-0.05, 0) is 72.5 Å². The highest BCUT2D eigenvalue weighted by molar-refractivity contribution is 8.15. The SMILES string of the molecule is Cc1cc(C)cc(NC(=O)C[C@@H]2SC(N3N=C(c4ccc(F)cc4)C[C@@H]3c3ccc(Cl)cc3)=NC2=O)c1. The van der Waals surface area contributed by atoms with Gasteiger partial charge in [-0.15, -0.1) is 0 Å². The largest absolute Gasteiger partial charge is 0.326 e. The summed E-state index contributed by atoms with van der Waals surface area (Å²) in [5.74, 6) is -0.939. The van der Waals surface area contributed by atoms with Gasteiger partial charge in [-0.2, -0.15) is 10.1 Å². The minimum absolute atomic E-state index is 0.00251. The third-order valence-electron chi connectivity index (χ3n) is 6.14. The summed E-state index contributed by atoms with van der Waals surface area (Å²) in [5.41, 5.74) is 5.30. The second-order valence-electron chi connectivity index (χ2n) is 9.14. The fourth-order valence-electron chi connectivity index (χ4n) is 4.48. The number of benzene rings is 3. The first-order chi connectivity index (χ1) is 17.7. The van der Waals surface area contributed by atoms with Crippen molar-refractivity contribution in [3.8, 4) is 0 Å². The van der Waals surface area contributed by atoms with Crippen LogP contribution in [0.4, 0.5) is 10.1 Å². The molecule has 0 saturated heterocycles. The van der Waals surface area contributed by atoms with E-state index in [4.69, 9.17) is 16.7 Å². The van der Waals surface area contributed by atoms with Crippen LogP contribution in [0.5, 0.6) is 0 Å². The molecule has 9 heteroatoms. The summed E-state index contributed by atoms with van der Waals surface area (Å²) in [4.78, 5) is 29.8. The van der Waals surface area contributed by atoms with E-state index in [9.17, 15) is 14.0 Å². The number of nitrogens with one attached hydrogen (secondary N) is 1. The average Bonchev–Trinajstić information content (AvgIpc) is 3.43. The lowest BCUT2D eigenvalue weighted by Gasteiger charge is -2.23. The predicted molar refractivity (Wildman–Crippen MR) is 147 cm³/mol. The molecule has 188 valence electrons. The Balaban J connectivity index is 1.35. The lowest BCUT2D eigenvalue weighted by Crippen LogP contribution is -2.25. The number of nitrogens with zero attached hydrogens (tertiary/aromatic N) is 3. The second kappa shape index (κ2) is 10.5. The Kier molecular flexibility index (Phi) is 7.13. The standard InChI is InChI=1S/C28H24ClFN4O2S/c1-16-11-17(2)13-22(12-16)31-26(35)15-25-27(36)32-28(37-25)34-24(19-3-7-20(29)8-4-19)14-23(33-34)18-5-9-21(30)10-6-18/h3-13,24-25H,14-15H2,1-2H3,(H,31,35)/t24-,25+/m1/s1. The number of aryl methyl sites for hydroxylation is 2. The summed E-state index contributed by atoms with van der Waals surface area (Å²) in [7, 11) is 0. The minimum Gasteiger partial charge on any atom is -0.326 e. The van der Waals surface area contributed by atoms with Crippen LogP contribution < -0.4 is 5.32 Å². The molecule has 0 fully saturated rings. The number of rotatable bonds is 5. The number of carbonyl (C=O) groups excluding carboxylic acids is 2. The average molecular weight is 535 g/mol. The Morgan fingerprint density at radius 1 is 1.08 bits per heavy atom. The zero-order valence-corrected chi connectivity index (χ0v) is 21.8. The summed E-state index contributed by atoms with van der Waals surface area (Å²) in [6.07, 6.45) is 0.538. The number of carbonyl (C=O) groups is 2.